The van der Waals surface area contributed by atoms with Gasteiger partial charge in [0.2, 0.25) is 0 Å². The number of hydrogen-bond acceptors (Lipinski definition) is 4. The van der Waals surface area contributed by atoms with Crippen LogP contribution >= 0.6 is 11.6 Å². The fourth-order valence-electron chi connectivity index (χ4n) is 4.42. The summed E-state index contributed by atoms with van der Waals surface area (Å²) in [7, 11) is 0. The molecule has 0 unspecified atom stereocenters. The van der Waals surface area contributed by atoms with Gasteiger partial charge in [-0.25, -0.2) is 9.59 Å². The molecule has 0 atom stereocenters. The van der Waals surface area contributed by atoms with Gasteiger partial charge >= 0.3 is 11.8 Å². The van der Waals surface area contributed by atoms with Crippen molar-refractivity contribution in [3.8, 4) is 0 Å². The summed E-state index contributed by atoms with van der Waals surface area (Å²) in [4.78, 5) is 37.8. The Bertz CT molecular complexity index is 1650. The number of benzene rings is 4. The van der Waals surface area contributed by atoms with E-state index in [2.05, 4.69) is 35.6 Å². The van der Waals surface area contributed by atoms with Crippen LogP contribution in [0, 0.1) is 0 Å². The summed E-state index contributed by atoms with van der Waals surface area (Å²) in [6.45, 7) is 0.447. The number of hydrogen-bond donors (Lipinski definition) is 1. The second kappa shape index (κ2) is 10.8. The van der Waals surface area contributed by atoms with Gasteiger partial charge in [0.1, 0.15) is 0 Å². The number of nitrogens with one attached hydrogen (secondary N) is 1. The van der Waals surface area contributed by atoms with Crippen LogP contribution in [0.3, 0.4) is 0 Å². The van der Waals surface area contributed by atoms with Crippen LogP contribution < -0.4 is 11.1 Å². The van der Waals surface area contributed by atoms with Crippen molar-refractivity contribution in [1.29, 1.82) is 0 Å². The zero-order chi connectivity index (χ0) is 25.8. The smallest absolute Gasteiger partial charge is 0.407 e. The van der Waals surface area contributed by atoms with E-state index in [-0.39, 0.29) is 11.4 Å². The molecular formula is C30H25ClN2O4. The summed E-state index contributed by atoms with van der Waals surface area (Å²) in [5, 5.41) is 5.81. The summed E-state index contributed by atoms with van der Waals surface area (Å²) < 4.78 is 6.22. The van der Waals surface area contributed by atoms with Crippen molar-refractivity contribution in [2.24, 2.45) is 0 Å². The molecule has 0 aliphatic carbocycles. The van der Waals surface area contributed by atoms with Crippen LogP contribution in [0.4, 0.5) is 4.79 Å². The molecule has 0 aliphatic rings. The molecule has 1 N–H and O–H groups in total. The molecule has 0 spiro atoms. The summed E-state index contributed by atoms with van der Waals surface area (Å²) in [6.07, 6.45) is 3.73. The maximum Gasteiger partial charge on any atom is 0.428 e. The third-order valence-electron chi connectivity index (χ3n) is 6.38. The van der Waals surface area contributed by atoms with Gasteiger partial charge in [-0.1, -0.05) is 60.5 Å². The zero-order valence-electron chi connectivity index (χ0n) is 20.1. The van der Waals surface area contributed by atoms with Crippen LogP contribution in [-0.2, 0) is 6.42 Å². The first-order chi connectivity index (χ1) is 18.0. The van der Waals surface area contributed by atoms with Crippen molar-refractivity contribution in [1.82, 2.24) is 9.88 Å². The van der Waals surface area contributed by atoms with Crippen LogP contribution in [0.2, 0.25) is 5.02 Å². The fourth-order valence-corrected chi connectivity index (χ4v) is 4.55. The minimum Gasteiger partial charge on any atom is -0.407 e. The molecule has 7 heteroatoms. The van der Waals surface area contributed by atoms with E-state index in [4.69, 9.17) is 16.0 Å². The van der Waals surface area contributed by atoms with Gasteiger partial charge in [-0.05, 0) is 78.1 Å². The molecular weight excluding hydrogens is 488 g/mol. The van der Waals surface area contributed by atoms with Crippen molar-refractivity contribution in [2.75, 3.05) is 6.54 Å². The molecule has 0 fully saturated rings. The molecule has 1 heterocycles. The number of halogens is 1. The van der Waals surface area contributed by atoms with Gasteiger partial charge in [-0.3, -0.25) is 4.79 Å². The summed E-state index contributed by atoms with van der Waals surface area (Å²) in [6, 6.07) is 25.4. The van der Waals surface area contributed by atoms with Crippen molar-refractivity contribution in [3.63, 3.8) is 0 Å². The zero-order valence-corrected chi connectivity index (χ0v) is 20.8. The molecule has 0 saturated heterocycles. The number of unbranched alkanes of at least 4 members (excludes halogenated alkanes) is 2. The van der Waals surface area contributed by atoms with Gasteiger partial charge in [0.15, 0.2) is 11.4 Å². The summed E-state index contributed by atoms with van der Waals surface area (Å²) >= 11 is 5.89. The normalized spacial score (nSPS) is 11.2. The number of carbonyl (C=O) groups excluding carboxylic acids is 2. The van der Waals surface area contributed by atoms with Gasteiger partial charge in [-0.15, -0.1) is 0 Å². The standard InChI is InChI=1S/C30H25ClN2O4/c31-25-14-11-22(12-15-25)28(34)24-13-16-26-27(19-24)37-30(36)33(26)29(35)32-17-5-1-2-6-20-9-10-21-7-3-4-8-23(21)18-20/h3-4,7-16,18-19H,1-2,5-6,17H2,(H,32,35). The van der Waals surface area contributed by atoms with E-state index in [1.165, 1.54) is 22.4 Å². The average Bonchev–Trinajstić information content (AvgIpc) is 3.25. The lowest BCUT2D eigenvalue weighted by Crippen LogP contribution is -2.34. The lowest BCUT2D eigenvalue weighted by Gasteiger charge is -2.07. The fraction of sp³-hybridized carbons (Fsp3) is 0.167. The lowest BCUT2D eigenvalue weighted by atomic mass is 10.0. The van der Waals surface area contributed by atoms with Gasteiger partial charge in [0.25, 0.3) is 0 Å². The Kier molecular flexibility index (Phi) is 7.19. The van der Waals surface area contributed by atoms with Crippen molar-refractivity contribution >= 4 is 45.3 Å². The Morgan fingerprint density at radius 2 is 1.57 bits per heavy atom. The molecule has 37 heavy (non-hydrogen) atoms. The molecule has 1 aromatic heterocycles. The van der Waals surface area contributed by atoms with Crippen LogP contribution in [-0.4, -0.2) is 22.9 Å². The maximum absolute atomic E-state index is 12.8. The van der Waals surface area contributed by atoms with Gasteiger partial charge < -0.3 is 9.73 Å². The monoisotopic (exact) mass is 512 g/mol. The quantitative estimate of drug-likeness (QED) is 0.187. The first kappa shape index (κ1) is 24.5. The molecule has 4 aromatic carbocycles. The highest BCUT2D eigenvalue weighted by Gasteiger charge is 2.18. The molecule has 0 bridgehead atoms. The predicted octanol–water partition coefficient (Wildman–Crippen LogP) is 6.60. The van der Waals surface area contributed by atoms with Crippen LogP contribution in [0.25, 0.3) is 21.9 Å². The SMILES string of the molecule is O=C(c1ccc(Cl)cc1)c1ccc2c(c1)oc(=O)n2C(=O)NCCCCCc1ccc2ccccc2c1. The Labute approximate surface area is 218 Å². The van der Waals surface area contributed by atoms with Crippen molar-refractivity contribution in [2.45, 2.75) is 25.7 Å². The highest BCUT2D eigenvalue weighted by atomic mass is 35.5. The number of ketones is 1. The molecule has 186 valence electrons. The Morgan fingerprint density at radius 3 is 2.38 bits per heavy atom. The Hall–Kier alpha value is -4.16. The number of amides is 1. The molecule has 0 radical (unpaired) electrons. The molecule has 5 aromatic rings. The first-order valence-corrected chi connectivity index (χ1v) is 12.6. The van der Waals surface area contributed by atoms with Crippen LogP contribution in [0.1, 0.15) is 40.7 Å². The van der Waals surface area contributed by atoms with Gasteiger partial charge in [-0.2, -0.15) is 4.57 Å². The second-order valence-corrected chi connectivity index (χ2v) is 9.38. The number of aryl methyl sites for hydroxylation is 1. The predicted molar refractivity (Wildman–Crippen MR) is 146 cm³/mol. The third-order valence-corrected chi connectivity index (χ3v) is 6.64. The molecule has 6 nitrogen and oxygen atoms in total. The van der Waals surface area contributed by atoms with E-state index in [9.17, 15) is 14.4 Å². The largest absolute Gasteiger partial charge is 0.428 e. The van der Waals surface area contributed by atoms with E-state index in [0.29, 0.717) is 28.2 Å². The topological polar surface area (TPSA) is 81.3 Å². The van der Waals surface area contributed by atoms with Crippen molar-refractivity contribution < 1.29 is 14.0 Å². The number of fused-ring (bicyclic) bond motifs is 2. The van der Waals surface area contributed by atoms with Crippen LogP contribution in [0.15, 0.2) is 94.1 Å². The summed E-state index contributed by atoms with van der Waals surface area (Å²) in [5.74, 6) is -1.03. The van der Waals surface area contributed by atoms with E-state index in [1.807, 2.05) is 12.1 Å². The van der Waals surface area contributed by atoms with Gasteiger partial charge in [0, 0.05) is 22.7 Å². The van der Waals surface area contributed by atoms with Crippen LogP contribution in [0.5, 0.6) is 0 Å². The van der Waals surface area contributed by atoms with Gasteiger partial charge in [0.05, 0.1) is 5.52 Å². The second-order valence-electron chi connectivity index (χ2n) is 8.95. The number of oxazole rings is 1. The molecule has 1 amide bonds. The highest BCUT2D eigenvalue weighted by molar-refractivity contribution is 6.30. The van der Waals surface area contributed by atoms with E-state index < -0.39 is 11.8 Å². The maximum atomic E-state index is 12.8. The lowest BCUT2D eigenvalue weighted by molar-refractivity contribution is 0.103. The Balaban J connectivity index is 1.16. The number of aromatic nitrogens is 1. The molecule has 0 saturated carbocycles. The molecule has 5 rings (SSSR count). The minimum absolute atomic E-state index is 0.176. The summed E-state index contributed by atoms with van der Waals surface area (Å²) in [5.41, 5.74) is 2.60. The number of rotatable bonds is 8. The van der Waals surface area contributed by atoms with E-state index in [1.54, 1.807) is 36.4 Å². The average molecular weight is 513 g/mol. The highest BCUT2D eigenvalue weighted by Crippen LogP contribution is 2.20. The van der Waals surface area contributed by atoms with E-state index in [0.717, 1.165) is 30.3 Å². The van der Waals surface area contributed by atoms with E-state index >= 15 is 0 Å². The van der Waals surface area contributed by atoms with Crippen molar-refractivity contribution in [3.05, 3.63) is 117 Å². The molecule has 0 aliphatic heterocycles. The first-order valence-electron chi connectivity index (χ1n) is 12.2. The minimum atomic E-state index is -0.792. The third kappa shape index (κ3) is 5.49. The number of carbonyl (C=O) groups is 2. The Morgan fingerprint density at radius 1 is 0.811 bits per heavy atom. The number of nitrogens with zero attached hydrogens (tertiary/aromatic N) is 1.